The van der Waals surface area contributed by atoms with Crippen LogP contribution >= 0.6 is 27.3 Å². The molecule has 1 aliphatic rings. The molecular weight excluding hydrogens is 1980 g/mol. The smallest absolute Gasteiger partial charge is 0.294 e. The first-order valence-corrected chi connectivity index (χ1v) is 15.7. The van der Waals surface area contributed by atoms with Gasteiger partial charge in [-0.25, -0.2) is 4.98 Å². The number of aryl methyl sites for hydroxylation is 1. The fourth-order valence-corrected chi connectivity index (χ4v) is 4.19. The number of hydrogen-bond acceptors (Lipinski definition) is 5. The second-order valence-electron chi connectivity index (χ2n) is 5.11. The van der Waals surface area contributed by atoms with Crippen molar-refractivity contribution in [2.24, 2.45) is 0 Å². The highest BCUT2D eigenvalue weighted by molar-refractivity contribution is 9.11. The van der Waals surface area contributed by atoms with Crippen molar-refractivity contribution in [3.8, 4) is 0 Å². The molecule has 0 radical (unpaired) electrons. The van der Waals surface area contributed by atoms with Crippen LogP contribution in [0.4, 0.5) is 384 Å². The maximum absolute atomic E-state index is 10.5. The molecule has 0 bridgehead atoms. The number of thiazole rings is 1. The van der Waals surface area contributed by atoms with Gasteiger partial charge in [0.2, 0.25) is 0 Å². The highest BCUT2D eigenvalue weighted by Crippen LogP contribution is 2.27. The largest absolute Gasteiger partial charge is 0.301 e. The number of halogens is 85. The fraction of sp³-hybridized carbons (Fsp3) is 0.357. The lowest BCUT2D eigenvalue weighted by Crippen LogP contribution is -2.25. The Balaban J connectivity index is -0.0000000108. The Kier molecular flexibility index (Phi) is 3580. The Bertz CT molecular complexity index is 820. The van der Waals surface area contributed by atoms with Crippen LogP contribution in [0.25, 0.3) is 0 Å². The zero-order valence-corrected chi connectivity index (χ0v) is 47.3. The molecule has 1 aliphatic heterocycles. The van der Waals surface area contributed by atoms with Crippen LogP contribution < -0.4 is 0 Å². The van der Waals surface area contributed by atoms with Crippen LogP contribution in [0.5, 0.6) is 0 Å². The molecular formula is C14H17BrF84N2O3S2. The molecule has 0 saturated heterocycles. The maximum Gasteiger partial charge on any atom is 0.294 e. The van der Waals surface area contributed by atoms with Crippen molar-refractivity contribution < 1.29 is 397 Å². The number of nitrogens with zero attached hydrogens (tertiary/aromatic N) is 2. The van der Waals surface area contributed by atoms with Gasteiger partial charge in [0.25, 0.3) is 10.1 Å². The van der Waals surface area contributed by atoms with Gasteiger partial charge in [-0.05, 0) is 42.0 Å². The molecule has 0 aliphatic carbocycles. The summed E-state index contributed by atoms with van der Waals surface area (Å²) in [7, 11) is -1.87. The molecule has 0 spiro atoms. The minimum Gasteiger partial charge on any atom is -0.301 e. The summed E-state index contributed by atoms with van der Waals surface area (Å²) in [5, 5.41) is 0. The Labute approximate surface area is 529 Å². The quantitative estimate of drug-likeness (QED) is 0.228. The van der Waals surface area contributed by atoms with E-state index in [1.165, 1.54) is 22.7 Å². The maximum atomic E-state index is 10.5. The summed E-state index contributed by atoms with van der Waals surface area (Å²) >= 11 is 5.16. The van der Waals surface area contributed by atoms with Crippen LogP contribution in [0.2, 0.25) is 0 Å². The van der Waals surface area contributed by atoms with Crippen LogP contribution in [0, 0.1) is 6.92 Å². The van der Waals surface area contributed by atoms with Gasteiger partial charge in [-0.3, -0.25) is 4.55 Å². The summed E-state index contributed by atoms with van der Waals surface area (Å²) in [4.78, 5) is 8.08. The molecule has 1 aromatic heterocycles. The molecule has 106 heavy (non-hydrogen) atoms. The lowest BCUT2D eigenvalue weighted by molar-refractivity contribution is 0.108. The number of likely N-dealkylation sites (N-methyl/N-ethyl adjacent to an activating group) is 1. The van der Waals surface area contributed by atoms with Crippen LogP contribution in [-0.4, -0.2) is 36.4 Å². The zero-order valence-electron chi connectivity index (χ0n) is 44.0. The standard InChI is InChI=1S/C7H9BrN2S.C7H8O3S.42F2/c1-10-3-2-5-6(4-10)11-7(8)9-5;1-6-2-4-7(5-3-6)11(8,9)10;42*1-2/h2-4H2,1H3;2-5H,1H3,(H,8,9,10);;;;;;;;;;;;;;;;;;;;;;;;;;;;;;;;;;;;;;;;;;. The zero-order chi connectivity index (χ0) is 100. The van der Waals surface area contributed by atoms with Crippen LogP contribution in [0.1, 0.15) is 16.1 Å². The Morgan fingerprint density at radius 2 is 0.425 bits per heavy atom. The van der Waals surface area contributed by atoms with Crippen molar-refractivity contribution in [1.29, 1.82) is 0 Å². The van der Waals surface area contributed by atoms with Gasteiger partial charge in [-0.15, -0.1) is 11.3 Å². The van der Waals surface area contributed by atoms with E-state index in [1.54, 1.807) is 23.5 Å². The third-order valence-corrected chi connectivity index (χ3v) is 5.62. The lowest BCUT2D eigenvalue weighted by atomic mass is 10.2. The summed E-state index contributed by atoms with van der Waals surface area (Å²) in [5.41, 5.74) is 2.25. The number of benzene rings is 1. The molecule has 0 atom stereocenters. The van der Waals surface area contributed by atoms with E-state index in [1.807, 2.05) is 6.92 Å². The van der Waals surface area contributed by atoms with E-state index in [0.717, 1.165) is 29.0 Å². The number of aromatic nitrogens is 1. The second kappa shape index (κ2) is 1340. The first-order chi connectivity index (χ1) is 52.3. The molecule has 2 aromatic rings. The van der Waals surface area contributed by atoms with E-state index in [0.29, 0.717) is 0 Å². The third kappa shape index (κ3) is 982. The topological polar surface area (TPSA) is 70.5 Å². The van der Waals surface area contributed by atoms with E-state index in [4.69, 9.17) is 389 Å². The number of rotatable bonds is 1. The summed E-state index contributed by atoms with van der Waals surface area (Å²) in [6, 6.07) is 5.99. The number of fused-ring (bicyclic) bond motifs is 1. The van der Waals surface area contributed by atoms with Crippen molar-refractivity contribution in [2.45, 2.75) is 24.8 Å². The van der Waals surface area contributed by atoms with Crippen molar-refractivity contribution in [3.63, 3.8) is 0 Å². The molecule has 1 aromatic carbocycles. The van der Waals surface area contributed by atoms with Crippen molar-refractivity contribution in [1.82, 2.24) is 9.88 Å². The SMILES string of the molecule is CN1CCc2nc(Br)sc2C1.Cc1ccc(S(=O)(=O)O)cc1.FF.FF.FF.FF.FF.FF.FF.FF.FF.FF.FF.FF.FF.FF.FF.FF.FF.FF.FF.FF.FF.FF.FF.FF.FF.FF.FF.FF.FF.FF.FF.FF.FF.FF.FF.FF.FF.FF.FF.FF.FF.FF. The Morgan fingerprint density at radius 1 is 0.292 bits per heavy atom. The van der Waals surface area contributed by atoms with Gasteiger partial charge in [-0.1, -0.05) is 17.7 Å². The average Bonchev–Trinajstić information content (AvgIpc) is 1.95. The summed E-state index contributed by atoms with van der Waals surface area (Å²) in [6.07, 6.45) is 1.11. The molecule has 0 fully saturated rings. The van der Waals surface area contributed by atoms with E-state index in [2.05, 4.69) is 32.9 Å². The van der Waals surface area contributed by atoms with Gasteiger partial charge in [-0.2, -0.15) is 8.42 Å². The number of hydrogen-bond donors (Lipinski definition) is 1. The monoisotopic (exact) mass is 2000 g/mol. The highest BCUT2D eigenvalue weighted by Gasteiger charge is 2.16. The predicted octanol–water partition coefficient (Wildman–Crippen LogP) is 38.4. The van der Waals surface area contributed by atoms with Gasteiger partial charge in [0.1, 0.15) is 0 Å². The molecule has 3 rings (SSSR count). The minimum atomic E-state index is -4.02. The first-order valence-electron chi connectivity index (χ1n) is 12.6. The van der Waals surface area contributed by atoms with E-state index in [9.17, 15) is 8.42 Å². The first kappa shape index (κ1) is 282. The Morgan fingerprint density at radius 3 is 0.547 bits per heavy atom. The third-order valence-electron chi connectivity index (χ3n) is 3.21. The average molecular weight is 2000 g/mol. The van der Waals surface area contributed by atoms with Crippen molar-refractivity contribution in [3.05, 3.63) is 44.3 Å². The van der Waals surface area contributed by atoms with E-state index >= 15 is 0 Å². The lowest BCUT2D eigenvalue weighted by Gasteiger charge is -2.20. The predicted molar refractivity (Wildman–Crippen MR) is 184 cm³/mol. The summed E-state index contributed by atoms with van der Waals surface area (Å²) in [6.45, 7) is 4.05. The van der Waals surface area contributed by atoms with E-state index < -0.39 is 10.1 Å². The van der Waals surface area contributed by atoms with Gasteiger partial charge < -0.3 is 4.90 Å². The minimum absolute atomic E-state index is 0.0666. The highest BCUT2D eigenvalue weighted by atomic mass is 79.9. The normalized spacial score (nSPS) is 5.47. The summed E-state index contributed by atoms with van der Waals surface area (Å²) < 4.78 is 703. The van der Waals surface area contributed by atoms with Crippen LogP contribution in [0.3, 0.4) is 0 Å². The second-order valence-corrected chi connectivity index (χ2v) is 8.89. The molecule has 0 unspecified atom stereocenters. The van der Waals surface area contributed by atoms with Crippen LogP contribution in [-0.2, 0) is 23.1 Å². The van der Waals surface area contributed by atoms with Gasteiger partial charge in [0.05, 0.1) is 10.6 Å². The molecule has 708 valence electrons. The van der Waals surface area contributed by atoms with Gasteiger partial charge in [0, 0.05) is 409 Å². The molecule has 0 amide bonds. The Hall–Kier alpha value is -6.68. The summed E-state index contributed by atoms with van der Waals surface area (Å²) in [5.74, 6) is 0. The molecule has 5 nitrogen and oxygen atoms in total. The van der Waals surface area contributed by atoms with Crippen molar-refractivity contribution in [2.75, 3.05) is 13.6 Å². The van der Waals surface area contributed by atoms with Gasteiger partial charge in [0.15, 0.2) is 3.92 Å². The fourth-order valence-electron chi connectivity index (χ4n) is 2.00. The van der Waals surface area contributed by atoms with Crippen LogP contribution in [0.15, 0.2) is 33.1 Å². The molecule has 1 N–H and O–H groups in total. The van der Waals surface area contributed by atoms with E-state index in [-0.39, 0.29) is 4.90 Å². The molecule has 2 heterocycles. The van der Waals surface area contributed by atoms with Crippen molar-refractivity contribution >= 4 is 37.4 Å². The molecule has 0 saturated carbocycles. The van der Waals surface area contributed by atoms with Gasteiger partial charge >= 0.3 is 0 Å². The molecule has 92 heteroatoms.